The summed E-state index contributed by atoms with van der Waals surface area (Å²) in [6, 6.07) is 3.40. The lowest BCUT2D eigenvalue weighted by atomic mass is 10.0. The van der Waals surface area contributed by atoms with Crippen LogP contribution in [0.5, 0.6) is 0 Å². The standard InChI is InChI=1S/C15H22N2O3/c1-9-6-11(13(18)8-16)7-12(10(9)2)17-14(19)20-15(3,4)5/h6-7H,8,16H2,1-5H3,(H,17,19). The van der Waals surface area contributed by atoms with Crippen LogP contribution < -0.4 is 11.1 Å². The van der Waals surface area contributed by atoms with Crippen LogP contribution in [0, 0.1) is 13.8 Å². The number of ether oxygens (including phenoxy) is 1. The maximum atomic E-state index is 11.8. The highest BCUT2D eigenvalue weighted by Crippen LogP contribution is 2.22. The first-order chi connectivity index (χ1) is 9.14. The number of carbonyl (C=O) groups is 2. The number of nitrogens with one attached hydrogen (secondary N) is 1. The van der Waals surface area contributed by atoms with E-state index in [-0.39, 0.29) is 12.3 Å². The third kappa shape index (κ3) is 4.35. The van der Waals surface area contributed by atoms with Gasteiger partial charge in [-0.3, -0.25) is 10.1 Å². The van der Waals surface area contributed by atoms with Gasteiger partial charge in [-0.25, -0.2) is 4.79 Å². The Hall–Kier alpha value is -1.88. The maximum absolute atomic E-state index is 11.8. The Morgan fingerprint density at radius 3 is 2.35 bits per heavy atom. The van der Waals surface area contributed by atoms with Crippen LogP contribution in [0.25, 0.3) is 0 Å². The Morgan fingerprint density at radius 2 is 1.85 bits per heavy atom. The predicted molar refractivity (Wildman–Crippen MR) is 79.2 cm³/mol. The molecule has 0 saturated carbocycles. The summed E-state index contributed by atoms with van der Waals surface area (Å²) in [4.78, 5) is 23.5. The van der Waals surface area contributed by atoms with Gasteiger partial charge in [0.15, 0.2) is 5.78 Å². The molecule has 1 aromatic carbocycles. The summed E-state index contributed by atoms with van der Waals surface area (Å²) in [6.07, 6.45) is -0.544. The van der Waals surface area contributed by atoms with Crippen molar-refractivity contribution in [3.8, 4) is 0 Å². The SMILES string of the molecule is Cc1cc(C(=O)CN)cc(NC(=O)OC(C)(C)C)c1C. The highest BCUT2D eigenvalue weighted by Gasteiger charge is 2.18. The van der Waals surface area contributed by atoms with E-state index in [1.54, 1.807) is 32.9 Å². The zero-order valence-corrected chi connectivity index (χ0v) is 12.7. The van der Waals surface area contributed by atoms with Gasteiger partial charge >= 0.3 is 6.09 Å². The highest BCUT2D eigenvalue weighted by molar-refractivity contribution is 5.99. The second-order valence-electron chi connectivity index (χ2n) is 5.72. The van der Waals surface area contributed by atoms with Crippen LogP contribution in [0.3, 0.4) is 0 Å². The smallest absolute Gasteiger partial charge is 0.412 e. The lowest BCUT2D eigenvalue weighted by molar-refractivity contribution is 0.0635. The Morgan fingerprint density at radius 1 is 1.25 bits per heavy atom. The Labute approximate surface area is 119 Å². The van der Waals surface area contributed by atoms with E-state index in [0.717, 1.165) is 11.1 Å². The Bertz CT molecular complexity index is 531. The van der Waals surface area contributed by atoms with Gasteiger partial charge in [-0.2, -0.15) is 0 Å². The number of rotatable bonds is 3. The summed E-state index contributed by atoms with van der Waals surface area (Å²) in [6.45, 7) is 9.06. The number of anilines is 1. The largest absolute Gasteiger partial charge is 0.444 e. The molecule has 110 valence electrons. The van der Waals surface area contributed by atoms with Gasteiger partial charge in [0.25, 0.3) is 0 Å². The minimum Gasteiger partial charge on any atom is -0.444 e. The van der Waals surface area contributed by atoms with Crippen molar-refractivity contribution in [3.63, 3.8) is 0 Å². The minimum atomic E-state index is -0.572. The van der Waals surface area contributed by atoms with Gasteiger partial charge in [-0.15, -0.1) is 0 Å². The van der Waals surface area contributed by atoms with E-state index in [1.807, 2.05) is 13.8 Å². The molecule has 1 rings (SSSR count). The van der Waals surface area contributed by atoms with Crippen molar-refractivity contribution in [2.75, 3.05) is 11.9 Å². The number of ketones is 1. The third-order valence-electron chi connectivity index (χ3n) is 2.81. The van der Waals surface area contributed by atoms with Gasteiger partial charge in [0, 0.05) is 11.3 Å². The molecule has 0 aliphatic heterocycles. The zero-order valence-electron chi connectivity index (χ0n) is 12.7. The van der Waals surface area contributed by atoms with Gasteiger partial charge in [0.05, 0.1) is 6.54 Å². The van der Waals surface area contributed by atoms with Crippen LogP contribution >= 0.6 is 0 Å². The lowest BCUT2D eigenvalue weighted by Gasteiger charge is -2.20. The fraction of sp³-hybridized carbons (Fsp3) is 0.467. The molecule has 0 radical (unpaired) electrons. The molecule has 20 heavy (non-hydrogen) atoms. The summed E-state index contributed by atoms with van der Waals surface area (Å²) in [5, 5.41) is 2.67. The van der Waals surface area contributed by atoms with Gasteiger partial charge in [-0.1, -0.05) is 0 Å². The second kappa shape index (κ2) is 6.05. The van der Waals surface area contributed by atoms with E-state index in [9.17, 15) is 9.59 Å². The average molecular weight is 278 g/mol. The fourth-order valence-corrected chi connectivity index (χ4v) is 1.68. The van der Waals surface area contributed by atoms with Crippen molar-refractivity contribution < 1.29 is 14.3 Å². The molecule has 5 heteroatoms. The predicted octanol–water partition coefficient (Wildman–Crippen LogP) is 2.79. The molecule has 0 aliphatic carbocycles. The highest BCUT2D eigenvalue weighted by atomic mass is 16.6. The average Bonchev–Trinajstić information content (AvgIpc) is 2.31. The molecule has 0 heterocycles. The van der Waals surface area contributed by atoms with Crippen LogP contribution in [-0.2, 0) is 4.74 Å². The zero-order chi connectivity index (χ0) is 15.5. The first-order valence-electron chi connectivity index (χ1n) is 6.48. The van der Waals surface area contributed by atoms with E-state index < -0.39 is 11.7 Å². The number of benzene rings is 1. The first-order valence-corrected chi connectivity index (χ1v) is 6.48. The van der Waals surface area contributed by atoms with Crippen LogP contribution in [0.1, 0.15) is 42.3 Å². The first kappa shape index (κ1) is 16.2. The van der Waals surface area contributed by atoms with Crippen molar-refractivity contribution in [1.82, 2.24) is 0 Å². The van der Waals surface area contributed by atoms with Crippen LogP contribution in [-0.4, -0.2) is 24.0 Å². The fourth-order valence-electron chi connectivity index (χ4n) is 1.68. The summed E-state index contributed by atoms with van der Waals surface area (Å²) in [5.74, 6) is -0.166. The molecular formula is C15H22N2O3. The molecular weight excluding hydrogens is 256 g/mol. The van der Waals surface area contributed by atoms with Crippen molar-refractivity contribution in [3.05, 3.63) is 28.8 Å². The minimum absolute atomic E-state index is 0.0611. The summed E-state index contributed by atoms with van der Waals surface area (Å²) < 4.78 is 5.20. The van der Waals surface area contributed by atoms with Crippen molar-refractivity contribution in [2.24, 2.45) is 5.73 Å². The van der Waals surface area contributed by atoms with Gasteiger partial charge in [-0.05, 0) is 57.9 Å². The molecule has 0 fully saturated rings. The van der Waals surface area contributed by atoms with E-state index in [2.05, 4.69) is 5.32 Å². The molecule has 1 amide bonds. The molecule has 0 atom stereocenters. The van der Waals surface area contributed by atoms with E-state index in [0.29, 0.717) is 11.3 Å². The van der Waals surface area contributed by atoms with Crippen molar-refractivity contribution in [1.29, 1.82) is 0 Å². The third-order valence-corrected chi connectivity index (χ3v) is 2.81. The van der Waals surface area contributed by atoms with Crippen molar-refractivity contribution in [2.45, 2.75) is 40.2 Å². The monoisotopic (exact) mass is 278 g/mol. The number of carbonyl (C=O) groups excluding carboxylic acids is 2. The summed E-state index contributed by atoms with van der Waals surface area (Å²) >= 11 is 0. The lowest BCUT2D eigenvalue weighted by Crippen LogP contribution is -2.27. The van der Waals surface area contributed by atoms with Crippen molar-refractivity contribution >= 4 is 17.6 Å². The van der Waals surface area contributed by atoms with Crippen LogP contribution in [0.4, 0.5) is 10.5 Å². The molecule has 0 saturated heterocycles. The summed E-state index contributed by atoms with van der Waals surface area (Å²) in [5.41, 5.74) is 7.65. The van der Waals surface area contributed by atoms with Gasteiger partial charge in [0.1, 0.15) is 5.60 Å². The second-order valence-corrected chi connectivity index (χ2v) is 5.72. The number of hydrogen-bond donors (Lipinski definition) is 2. The molecule has 1 aromatic rings. The van der Waals surface area contributed by atoms with Crippen LogP contribution in [0.2, 0.25) is 0 Å². The summed E-state index contributed by atoms with van der Waals surface area (Å²) in [7, 11) is 0. The molecule has 0 aliphatic rings. The Balaban J connectivity index is 3.03. The molecule has 0 aromatic heterocycles. The molecule has 0 spiro atoms. The quantitative estimate of drug-likeness (QED) is 0.833. The molecule has 5 nitrogen and oxygen atoms in total. The van der Waals surface area contributed by atoms with Crippen LogP contribution in [0.15, 0.2) is 12.1 Å². The number of aryl methyl sites for hydroxylation is 1. The molecule has 0 bridgehead atoms. The van der Waals surface area contributed by atoms with Gasteiger partial charge in [0.2, 0.25) is 0 Å². The number of hydrogen-bond acceptors (Lipinski definition) is 4. The molecule has 3 N–H and O–H groups in total. The number of Topliss-reactive ketones (excluding diaryl/α,β-unsaturated/α-hetero) is 1. The maximum Gasteiger partial charge on any atom is 0.412 e. The van der Waals surface area contributed by atoms with E-state index >= 15 is 0 Å². The van der Waals surface area contributed by atoms with E-state index in [4.69, 9.17) is 10.5 Å². The normalized spacial score (nSPS) is 11.1. The number of nitrogens with two attached hydrogens (primary N) is 1. The van der Waals surface area contributed by atoms with E-state index in [1.165, 1.54) is 0 Å². The number of amides is 1. The molecule has 0 unspecified atom stereocenters. The van der Waals surface area contributed by atoms with Gasteiger partial charge < -0.3 is 10.5 Å². The topological polar surface area (TPSA) is 81.4 Å². The Kier molecular flexibility index (Phi) is 4.89.